The number of urea groups is 1. The first-order chi connectivity index (χ1) is 17.0. The van der Waals surface area contributed by atoms with E-state index >= 15 is 0 Å². The average molecular weight is 501 g/mol. The molecule has 1 unspecified atom stereocenters. The maximum absolute atomic E-state index is 12.6. The minimum absolute atomic E-state index is 0.0489. The zero-order valence-electron chi connectivity index (χ0n) is 19.5. The van der Waals surface area contributed by atoms with E-state index in [0.717, 1.165) is 27.9 Å². The molecule has 1 aromatic carbocycles. The molecule has 2 aromatic heterocycles. The molecule has 0 bridgehead atoms. The van der Waals surface area contributed by atoms with Crippen molar-refractivity contribution in [3.8, 4) is 5.75 Å². The fraction of sp³-hybridized carbons (Fsp3) is 0.391. The molecule has 4 rings (SSSR count). The molecular weight excluding hydrogens is 470 g/mol. The zero-order chi connectivity index (χ0) is 24.9. The van der Waals surface area contributed by atoms with Gasteiger partial charge in [-0.2, -0.15) is 0 Å². The van der Waals surface area contributed by atoms with Crippen LogP contribution in [-0.2, 0) is 12.8 Å². The number of aliphatic hydroxyl groups excluding tert-OH is 2. The highest BCUT2D eigenvalue weighted by molar-refractivity contribution is 7.19. The Morgan fingerprint density at radius 2 is 2.11 bits per heavy atom. The number of nitrogen functional groups attached to an aromatic ring is 1. The molecule has 0 saturated heterocycles. The summed E-state index contributed by atoms with van der Waals surface area (Å²) in [6.07, 6.45) is 5.14. The summed E-state index contributed by atoms with van der Waals surface area (Å²) < 4.78 is 5.50. The highest BCUT2D eigenvalue weighted by Gasteiger charge is 2.27. The maximum Gasteiger partial charge on any atom is 0.317 e. The Hall–Kier alpha value is -3.48. The van der Waals surface area contributed by atoms with Gasteiger partial charge in [0, 0.05) is 42.2 Å². The summed E-state index contributed by atoms with van der Waals surface area (Å²) in [5.41, 5.74) is 9.08. The van der Waals surface area contributed by atoms with E-state index < -0.39 is 0 Å². The second kappa shape index (κ2) is 10.8. The number of thiophene rings is 1. The number of carbonyl (C=O) groups is 1. The number of amides is 2. The Bertz CT molecular complexity index is 1230. The van der Waals surface area contributed by atoms with Gasteiger partial charge in [0.2, 0.25) is 0 Å². The monoisotopic (exact) mass is 500 g/mol. The second-order valence-corrected chi connectivity index (χ2v) is 9.29. The SMILES string of the molecule is COc1cc(N)c(C=[NH2+])cc1Nc1ncnc2sc3c(c12)CCC(NC(=O)N(CCO)CCO)C3. The van der Waals surface area contributed by atoms with Crippen molar-refractivity contribution in [2.45, 2.75) is 25.3 Å². The number of nitrogens with zero attached hydrogens (tertiary/aromatic N) is 3. The van der Waals surface area contributed by atoms with Crippen LogP contribution in [0.5, 0.6) is 5.75 Å². The number of rotatable bonds is 9. The first-order valence-electron chi connectivity index (χ1n) is 11.3. The van der Waals surface area contributed by atoms with Crippen molar-refractivity contribution in [3.05, 3.63) is 34.5 Å². The van der Waals surface area contributed by atoms with Crippen molar-refractivity contribution >= 4 is 51.0 Å². The van der Waals surface area contributed by atoms with Crippen molar-refractivity contribution in [1.29, 1.82) is 0 Å². The number of anilines is 3. The molecule has 2 amide bonds. The minimum Gasteiger partial charge on any atom is -0.494 e. The van der Waals surface area contributed by atoms with E-state index in [1.54, 1.807) is 24.5 Å². The number of hydrogen-bond donors (Lipinski definition) is 6. The Balaban J connectivity index is 1.59. The number of methoxy groups -OCH3 is 1. The number of hydrogen-bond acceptors (Lipinski definition) is 9. The molecule has 2 heterocycles. The predicted molar refractivity (Wildman–Crippen MR) is 135 cm³/mol. The highest BCUT2D eigenvalue weighted by Crippen LogP contribution is 2.40. The molecule has 35 heavy (non-hydrogen) atoms. The number of nitrogens with one attached hydrogen (secondary N) is 2. The molecular formula is C23H30N7O4S+. The number of aryl methyl sites for hydroxylation is 1. The Morgan fingerprint density at radius 1 is 1.34 bits per heavy atom. The van der Waals surface area contributed by atoms with Crippen LogP contribution in [0.4, 0.5) is 22.0 Å². The van der Waals surface area contributed by atoms with E-state index in [-0.39, 0.29) is 38.4 Å². The first kappa shape index (κ1) is 24.6. The van der Waals surface area contributed by atoms with E-state index in [1.807, 2.05) is 6.07 Å². The van der Waals surface area contributed by atoms with Crippen molar-refractivity contribution in [1.82, 2.24) is 20.2 Å². The van der Waals surface area contributed by atoms with Crippen LogP contribution in [0.25, 0.3) is 10.2 Å². The number of aliphatic hydroxyl groups is 2. The summed E-state index contributed by atoms with van der Waals surface area (Å²) in [5.74, 6) is 1.24. The standard InChI is InChI=1S/C23H29N7O4S/c1-34-18-10-16(25)13(11-24)8-17(18)29-21-20-15-3-2-14(9-19(15)35-22(20)27-12-26-21)28-23(33)30(4-6-31)5-7-32/h8,10-12,14,24,31-32H,2-7,9,25H2,1H3,(H,28,33)(H,26,27,29)/p+1. The molecule has 0 radical (unpaired) electrons. The van der Waals surface area contributed by atoms with Crippen LogP contribution in [0, 0.1) is 0 Å². The largest absolute Gasteiger partial charge is 0.494 e. The summed E-state index contributed by atoms with van der Waals surface area (Å²) in [6.45, 7) is 0.0411. The van der Waals surface area contributed by atoms with Crippen LogP contribution in [0.2, 0.25) is 0 Å². The van der Waals surface area contributed by atoms with Crippen molar-refractivity contribution < 1.29 is 25.2 Å². The quantitative estimate of drug-likeness (QED) is 0.177. The van der Waals surface area contributed by atoms with E-state index in [2.05, 4.69) is 20.6 Å². The lowest BCUT2D eigenvalue weighted by Crippen LogP contribution is -2.48. The van der Waals surface area contributed by atoms with Gasteiger partial charge in [0.25, 0.3) is 0 Å². The molecule has 186 valence electrons. The van der Waals surface area contributed by atoms with E-state index in [4.69, 9.17) is 15.9 Å². The summed E-state index contributed by atoms with van der Waals surface area (Å²) in [5, 5.41) is 31.5. The minimum atomic E-state index is -0.284. The van der Waals surface area contributed by atoms with Gasteiger partial charge in [0.1, 0.15) is 22.7 Å². The molecule has 1 aliphatic rings. The van der Waals surface area contributed by atoms with E-state index in [9.17, 15) is 15.0 Å². The molecule has 12 heteroatoms. The number of carbonyl (C=O) groups excluding carboxylic acids is 1. The Morgan fingerprint density at radius 3 is 2.80 bits per heavy atom. The molecule has 1 atom stereocenters. The number of fused-ring (bicyclic) bond motifs is 3. The van der Waals surface area contributed by atoms with Crippen LogP contribution in [0.15, 0.2) is 18.5 Å². The number of aromatic nitrogens is 2. The molecule has 8 N–H and O–H groups in total. The molecule has 0 fully saturated rings. The third-order valence-corrected chi connectivity index (χ3v) is 7.20. The van der Waals surface area contributed by atoms with Crippen molar-refractivity contribution in [2.75, 3.05) is 44.5 Å². The van der Waals surface area contributed by atoms with Gasteiger partial charge in [0.05, 0.1) is 37.0 Å². The summed E-state index contributed by atoms with van der Waals surface area (Å²) >= 11 is 1.59. The van der Waals surface area contributed by atoms with Gasteiger partial charge >= 0.3 is 6.03 Å². The first-order valence-corrected chi connectivity index (χ1v) is 12.1. The number of ether oxygens (including phenoxy) is 1. The molecule has 11 nitrogen and oxygen atoms in total. The van der Waals surface area contributed by atoms with E-state index in [0.29, 0.717) is 34.9 Å². The molecule has 1 aliphatic carbocycles. The predicted octanol–water partition coefficient (Wildman–Crippen LogP) is 0.0572. The third-order valence-electron chi connectivity index (χ3n) is 6.04. The van der Waals surface area contributed by atoms with Gasteiger partial charge in [-0.15, -0.1) is 11.3 Å². The lowest BCUT2D eigenvalue weighted by atomic mass is 9.93. The third kappa shape index (κ3) is 5.14. The lowest BCUT2D eigenvalue weighted by molar-refractivity contribution is -0.104. The van der Waals surface area contributed by atoms with Crippen molar-refractivity contribution in [3.63, 3.8) is 0 Å². The smallest absolute Gasteiger partial charge is 0.317 e. The van der Waals surface area contributed by atoms with Gasteiger partial charge in [-0.3, -0.25) is 5.41 Å². The zero-order valence-corrected chi connectivity index (χ0v) is 20.3. The fourth-order valence-corrected chi connectivity index (χ4v) is 5.57. The van der Waals surface area contributed by atoms with Crippen LogP contribution < -0.4 is 26.5 Å². The van der Waals surface area contributed by atoms with Gasteiger partial charge in [0.15, 0.2) is 6.21 Å². The van der Waals surface area contributed by atoms with Gasteiger partial charge in [-0.25, -0.2) is 14.8 Å². The number of nitrogens with two attached hydrogens (primary N) is 2. The second-order valence-electron chi connectivity index (χ2n) is 8.20. The van der Waals surface area contributed by atoms with Gasteiger partial charge in [-0.1, -0.05) is 0 Å². The van der Waals surface area contributed by atoms with Crippen LogP contribution in [-0.4, -0.2) is 76.8 Å². The molecule has 0 spiro atoms. The van der Waals surface area contributed by atoms with Crippen LogP contribution >= 0.6 is 11.3 Å². The molecule has 0 aliphatic heterocycles. The van der Waals surface area contributed by atoms with E-state index in [1.165, 1.54) is 23.0 Å². The normalized spacial score (nSPS) is 14.9. The maximum atomic E-state index is 12.6. The van der Waals surface area contributed by atoms with Crippen LogP contribution in [0.3, 0.4) is 0 Å². The Kier molecular flexibility index (Phi) is 7.63. The fourth-order valence-electron chi connectivity index (χ4n) is 4.30. The van der Waals surface area contributed by atoms with Crippen molar-refractivity contribution in [2.24, 2.45) is 0 Å². The summed E-state index contributed by atoms with van der Waals surface area (Å²) in [6, 6.07) is 3.20. The number of benzene rings is 1. The van der Waals surface area contributed by atoms with Gasteiger partial charge < -0.3 is 36.2 Å². The average Bonchev–Trinajstić information content (AvgIpc) is 3.23. The van der Waals surface area contributed by atoms with Gasteiger partial charge in [-0.05, 0) is 24.5 Å². The lowest BCUT2D eigenvalue weighted by Gasteiger charge is -2.28. The molecule has 3 aromatic rings. The highest BCUT2D eigenvalue weighted by atomic mass is 32.1. The summed E-state index contributed by atoms with van der Waals surface area (Å²) in [7, 11) is 1.57. The molecule has 0 saturated carbocycles. The summed E-state index contributed by atoms with van der Waals surface area (Å²) in [4.78, 5) is 25.0. The topological polar surface area (TPSA) is 171 Å². The Labute approximate surface area is 206 Å². The van der Waals surface area contributed by atoms with Crippen LogP contribution in [0.1, 0.15) is 22.4 Å².